The Morgan fingerprint density at radius 2 is 1.03 bits per heavy atom. The smallest absolute Gasteiger partial charge is 0.0970 e. The molecule has 0 N–H and O–H groups in total. The van der Waals surface area contributed by atoms with Crippen molar-refractivity contribution >= 4 is 38.8 Å². The average Bonchev–Trinajstić information content (AvgIpc) is 3.52. The van der Waals surface area contributed by atoms with Gasteiger partial charge in [0.15, 0.2) is 0 Å². The van der Waals surface area contributed by atoms with E-state index in [1.807, 2.05) is 56.7 Å². The van der Waals surface area contributed by atoms with Crippen molar-refractivity contribution in [2.45, 2.75) is 46.5 Å². The summed E-state index contributed by atoms with van der Waals surface area (Å²) in [6.45, 7) is 10.9. The minimum atomic E-state index is -0.183. The number of rotatable bonds is 6. The van der Waals surface area contributed by atoms with Crippen LogP contribution in [0.4, 0.5) is 0 Å². The standard InChI is InChI=1S/C54H39N3.C2H6/c1-5-6-7-13-35-30-47(45-19-11-26-55-51(45)34(35)2)40-16-8-14-36(28-40)38-21-23-43-44-24-22-39(33-50(44)54(3,4)49(43)32-38)37-15-9-17-41(29-37)48-31-42-18-10-25-56-52(42)53-46(48)20-12-27-57-53;1-2/h1,7-33H,6H2,2-4H3;1-2H3/b13-7-;. The van der Waals surface area contributed by atoms with Crippen LogP contribution < -0.4 is 0 Å². The maximum Gasteiger partial charge on any atom is 0.0970 e. The highest BCUT2D eigenvalue weighted by atomic mass is 14.7. The van der Waals surface area contributed by atoms with Gasteiger partial charge in [-0.3, -0.25) is 15.0 Å². The van der Waals surface area contributed by atoms with Gasteiger partial charge in [0.1, 0.15) is 0 Å². The van der Waals surface area contributed by atoms with E-state index in [1.54, 1.807) is 0 Å². The van der Waals surface area contributed by atoms with Crippen LogP contribution in [-0.2, 0) is 5.41 Å². The van der Waals surface area contributed by atoms with Gasteiger partial charge in [-0.05, 0) is 139 Å². The first-order valence-corrected chi connectivity index (χ1v) is 20.5. The highest BCUT2D eigenvalue weighted by Gasteiger charge is 2.36. The van der Waals surface area contributed by atoms with Crippen LogP contribution in [0.3, 0.4) is 0 Å². The van der Waals surface area contributed by atoms with Gasteiger partial charge in [-0.1, -0.05) is 119 Å². The Hall–Kier alpha value is -7.15. The molecule has 0 saturated heterocycles. The summed E-state index contributed by atoms with van der Waals surface area (Å²) >= 11 is 0. The molecule has 1 aliphatic carbocycles. The molecule has 0 unspecified atom stereocenters. The van der Waals surface area contributed by atoms with Crippen LogP contribution in [0.1, 0.15) is 56.4 Å². The van der Waals surface area contributed by atoms with Crippen molar-refractivity contribution in [3.63, 3.8) is 0 Å². The summed E-state index contributed by atoms with van der Waals surface area (Å²) < 4.78 is 0. The van der Waals surface area contributed by atoms with Gasteiger partial charge in [0, 0.05) is 46.6 Å². The number of terminal acetylenes is 1. The van der Waals surface area contributed by atoms with Crippen LogP contribution in [0, 0.1) is 19.3 Å². The summed E-state index contributed by atoms with van der Waals surface area (Å²) in [6.07, 6.45) is 15.9. The predicted molar refractivity (Wildman–Crippen MR) is 250 cm³/mol. The molecule has 0 radical (unpaired) electrons. The summed E-state index contributed by atoms with van der Waals surface area (Å²) in [4.78, 5) is 14.2. The first-order chi connectivity index (χ1) is 28.9. The molecule has 0 fully saturated rings. The molecule has 0 bridgehead atoms. The fourth-order valence-corrected chi connectivity index (χ4v) is 8.91. The lowest BCUT2D eigenvalue weighted by Gasteiger charge is -2.23. The molecule has 0 atom stereocenters. The number of nitrogens with zero attached hydrogens (tertiary/aromatic N) is 3. The summed E-state index contributed by atoms with van der Waals surface area (Å²) in [5, 5.41) is 3.34. The lowest BCUT2D eigenvalue weighted by atomic mass is 9.80. The van der Waals surface area contributed by atoms with E-state index < -0.39 is 0 Å². The number of allylic oxidation sites excluding steroid dienone is 1. The number of hydrogen-bond acceptors (Lipinski definition) is 3. The number of fused-ring (bicyclic) bond motifs is 7. The van der Waals surface area contributed by atoms with Crippen molar-refractivity contribution in [3.8, 4) is 68.0 Å². The molecule has 10 rings (SSSR count). The van der Waals surface area contributed by atoms with E-state index in [4.69, 9.17) is 16.4 Å². The monoisotopic (exact) mass is 759 g/mol. The third-order valence-corrected chi connectivity index (χ3v) is 11.9. The van der Waals surface area contributed by atoms with Crippen LogP contribution in [0.15, 0.2) is 158 Å². The zero-order chi connectivity index (χ0) is 40.7. The number of hydrogen-bond donors (Lipinski definition) is 0. The summed E-state index contributed by atoms with van der Waals surface area (Å²) in [7, 11) is 0. The van der Waals surface area contributed by atoms with E-state index in [-0.39, 0.29) is 5.41 Å². The van der Waals surface area contributed by atoms with E-state index in [0.29, 0.717) is 6.42 Å². The van der Waals surface area contributed by atoms with Gasteiger partial charge in [0.25, 0.3) is 0 Å². The average molecular weight is 760 g/mol. The van der Waals surface area contributed by atoms with Crippen molar-refractivity contribution in [2.24, 2.45) is 0 Å². The Kier molecular flexibility index (Phi) is 9.71. The number of pyridine rings is 3. The number of aryl methyl sites for hydroxylation is 1. The van der Waals surface area contributed by atoms with Gasteiger partial charge >= 0.3 is 0 Å². The molecule has 1 aliphatic rings. The molecule has 6 aromatic carbocycles. The minimum absolute atomic E-state index is 0.183. The molecular formula is C56H45N3. The summed E-state index contributed by atoms with van der Waals surface area (Å²) in [5.41, 5.74) is 19.7. The summed E-state index contributed by atoms with van der Waals surface area (Å²) in [6, 6.07) is 48.8. The van der Waals surface area contributed by atoms with Crippen molar-refractivity contribution < 1.29 is 0 Å². The maximum atomic E-state index is 5.55. The second-order valence-electron chi connectivity index (χ2n) is 15.6. The molecule has 0 spiro atoms. The van der Waals surface area contributed by atoms with E-state index >= 15 is 0 Å². The zero-order valence-electron chi connectivity index (χ0n) is 34.2. The van der Waals surface area contributed by atoms with Gasteiger partial charge in [-0.2, -0.15) is 0 Å². The summed E-state index contributed by atoms with van der Waals surface area (Å²) in [5.74, 6) is 2.72. The van der Waals surface area contributed by atoms with Crippen molar-refractivity contribution in [1.82, 2.24) is 15.0 Å². The molecule has 3 heteroatoms. The fraction of sp³-hybridized carbons (Fsp3) is 0.125. The Balaban J connectivity index is 0.00000221. The molecule has 59 heavy (non-hydrogen) atoms. The topological polar surface area (TPSA) is 38.7 Å². The Labute approximate surface area is 347 Å². The second-order valence-corrected chi connectivity index (χ2v) is 15.6. The maximum absolute atomic E-state index is 5.55. The van der Waals surface area contributed by atoms with Crippen LogP contribution in [0.2, 0.25) is 0 Å². The molecule has 9 aromatic rings. The molecular weight excluding hydrogens is 715 g/mol. The molecule has 284 valence electrons. The molecule has 3 heterocycles. The molecule has 3 aromatic heterocycles. The molecule has 0 aliphatic heterocycles. The third-order valence-electron chi connectivity index (χ3n) is 11.9. The molecule has 0 amide bonds. The molecule has 3 nitrogen and oxygen atoms in total. The van der Waals surface area contributed by atoms with Gasteiger partial charge in [-0.15, -0.1) is 12.3 Å². The first-order valence-electron chi connectivity index (χ1n) is 20.5. The van der Waals surface area contributed by atoms with E-state index in [0.717, 1.165) is 60.5 Å². The zero-order valence-corrected chi connectivity index (χ0v) is 34.2. The minimum Gasteiger partial charge on any atom is -0.256 e. The third kappa shape index (κ3) is 6.48. The quantitative estimate of drug-likeness (QED) is 0.125. The SMILES string of the molecule is C#CC/C=C\c1cc(-c2cccc(-c3ccc4c(c3)C(C)(C)c3cc(-c5cccc(-c6cc7cccnc7c7ncccc67)c5)ccc3-4)c2)c2cccnc2c1C.CC. The lowest BCUT2D eigenvalue weighted by Crippen LogP contribution is -2.15. The van der Waals surface area contributed by atoms with Crippen LogP contribution in [0.5, 0.6) is 0 Å². The van der Waals surface area contributed by atoms with Crippen LogP contribution >= 0.6 is 0 Å². The largest absolute Gasteiger partial charge is 0.256 e. The van der Waals surface area contributed by atoms with Gasteiger partial charge in [0.05, 0.1) is 16.6 Å². The van der Waals surface area contributed by atoms with Gasteiger partial charge < -0.3 is 0 Å². The van der Waals surface area contributed by atoms with E-state index in [9.17, 15) is 0 Å². The van der Waals surface area contributed by atoms with Crippen LogP contribution in [0.25, 0.3) is 94.4 Å². The Bertz CT molecular complexity index is 3160. The second kappa shape index (κ2) is 15.3. The van der Waals surface area contributed by atoms with Crippen LogP contribution in [-0.4, -0.2) is 15.0 Å². The van der Waals surface area contributed by atoms with E-state index in [2.05, 4.69) is 153 Å². The van der Waals surface area contributed by atoms with E-state index in [1.165, 1.54) is 50.1 Å². The normalized spacial score (nSPS) is 12.6. The van der Waals surface area contributed by atoms with Gasteiger partial charge in [-0.25, -0.2) is 0 Å². The Morgan fingerprint density at radius 3 is 1.64 bits per heavy atom. The Morgan fingerprint density at radius 1 is 0.525 bits per heavy atom. The van der Waals surface area contributed by atoms with Crippen molar-refractivity contribution in [2.75, 3.05) is 0 Å². The van der Waals surface area contributed by atoms with Crippen molar-refractivity contribution in [3.05, 3.63) is 180 Å². The van der Waals surface area contributed by atoms with Crippen molar-refractivity contribution in [1.29, 1.82) is 0 Å². The number of benzene rings is 6. The lowest BCUT2D eigenvalue weighted by molar-refractivity contribution is 0.661. The predicted octanol–water partition coefficient (Wildman–Crippen LogP) is 14.7. The molecule has 0 saturated carbocycles. The fourth-order valence-electron chi connectivity index (χ4n) is 8.91. The highest BCUT2D eigenvalue weighted by molar-refractivity contribution is 6.10. The van der Waals surface area contributed by atoms with Gasteiger partial charge in [0.2, 0.25) is 0 Å². The highest BCUT2D eigenvalue weighted by Crippen LogP contribution is 2.51. The first kappa shape index (κ1) is 37.4. The number of aromatic nitrogens is 3.